The molecule has 1 aliphatic rings. The molecule has 5 rings (SSSR count). The van der Waals surface area contributed by atoms with Crippen molar-refractivity contribution < 1.29 is 24.9 Å². The number of carbonyl (C=O) groups excluding carboxylic acids is 1. The van der Waals surface area contributed by atoms with Crippen molar-refractivity contribution in [2.45, 2.75) is 19.3 Å². The second-order valence-electron chi connectivity index (χ2n) is 8.19. The number of phenolic OH excluding ortho intramolecular Hbond substituents is 2. The molecule has 32 heavy (non-hydrogen) atoms. The highest BCUT2D eigenvalue weighted by Crippen LogP contribution is 2.48. The third-order valence-corrected chi connectivity index (χ3v) is 7.24. The lowest BCUT2D eigenvalue weighted by atomic mass is 9.95. The molecule has 2 unspecified atom stereocenters. The Labute approximate surface area is 188 Å². The Balaban J connectivity index is 1.64. The van der Waals surface area contributed by atoms with Crippen LogP contribution in [0.3, 0.4) is 0 Å². The first-order valence-corrected chi connectivity index (χ1v) is 11.1. The van der Waals surface area contributed by atoms with Crippen molar-refractivity contribution in [2.75, 3.05) is 0 Å². The molecule has 4 aromatic rings. The van der Waals surface area contributed by atoms with Gasteiger partial charge in [-0.1, -0.05) is 36.4 Å². The van der Waals surface area contributed by atoms with Crippen molar-refractivity contribution in [2.24, 2.45) is 5.92 Å². The number of ketones is 1. The van der Waals surface area contributed by atoms with Crippen LogP contribution in [0.15, 0.2) is 60.7 Å². The van der Waals surface area contributed by atoms with E-state index in [0.717, 1.165) is 26.8 Å². The van der Waals surface area contributed by atoms with E-state index in [1.807, 2.05) is 24.3 Å². The SMILES string of the molecule is Cc1cccc(O)c1C(=O)c1sc2cc(O)ccc2c1-c1ccc(C2CC2C(=O)O)cc1. The van der Waals surface area contributed by atoms with Gasteiger partial charge in [-0.05, 0) is 60.2 Å². The van der Waals surface area contributed by atoms with Crippen molar-refractivity contribution >= 4 is 33.2 Å². The number of hydrogen-bond acceptors (Lipinski definition) is 5. The summed E-state index contributed by atoms with van der Waals surface area (Å²) in [5.74, 6) is -1.28. The standard InChI is InChI=1S/C26H20O5S/c1-13-3-2-4-20(28)22(13)24(29)25-23(17-10-9-16(27)11-21(17)32-25)15-7-5-14(6-8-15)18-12-19(18)26(30)31/h2-11,18-19,27-28H,12H2,1H3,(H,30,31). The van der Waals surface area contributed by atoms with Gasteiger partial charge in [-0.25, -0.2) is 0 Å². The number of thiophene rings is 1. The van der Waals surface area contributed by atoms with Crippen molar-refractivity contribution in [1.29, 1.82) is 0 Å². The van der Waals surface area contributed by atoms with Crippen molar-refractivity contribution in [3.63, 3.8) is 0 Å². The summed E-state index contributed by atoms with van der Waals surface area (Å²) in [6, 6.07) is 17.7. The molecule has 3 aromatic carbocycles. The summed E-state index contributed by atoms with van der Waals surface area (Å²) in [6.07, 6.45) is 0.644. The molecule has 0 aliphatic heterocycles. The quantitative estimate of drug-likeness (QED) is 0.343. The highest BCUT2D eigenvalue weighted by Gasteiger charge is 2.44. The van der Waals surface area contributed by atoms with E-state index in [4.69, 9.17) is 0 Å². The first-order chi connectivity index (χ1) is 15.3. The van der Waals surface area contributed by atoms with Gasteiger partial charge in [0.1, 0.15) is 11.5 Å². The number of fused-ring (bicyclic) bond motifs is 1. The predicted molar refractivity (Wildman–Crippen MR) is 124 cm³/mol. The summed E-state index contributed by atoms with van der Waals surface area (Å²) in [5.41, 5.74) is 3.50. The molecule has 0 bridgehead atoms. The molecule has 0 amide bonds. The van der Waals surface area contributed by atoms with Crippen LogP contribution in [-0.2, 0) is 4.79 Å². The van der Waals surface area contributed by atoms with E-state index in [0.29, 0.717) is 16.9 Å². The summed E-state index contributed by atoms with van der Waals surface area (Å²) in [5, 5.41) is 30.4. The van der Waals surface area contributed by atoms with Crippen molar-refractivity contribution in [1.82, 2.24) is 0 Å². The third-order valence-electron chi connectivity index (χ3n) is 6.09. The molecule has 1 aromatic heterocycles. The van der Waals surface area contributed by atoms with Crippen LogP contribution in [0, 0.1) is 12.8 Å². The molecule has 0 radical (unpaired) electrons. The molecule has 0 spiro atoms. The number of carboxylic acid groups (broad SMARTS) is 1. The van der Waals surface area contributed by atoms with Gasteiger partial charge in [0.25, 0.3) is 0 Å². The van der Waals surface area contributed by atoms with Crippen LogP contribution in [0.2, 0.25) is 0 Å². The summed E-state index contributed by atoms with van der Waals surface area (Å²) >= 11 is 1.28. The zero-order chi connectivity index (χ0) is 22.6. The molecule has 2 atom stereocenters. The number of aryl methyl sites for hydroxylation is 1. The Hall–Kier alpha value is -3.64. The lowest BCUT2D eigenvalue weighted by Gasteiger charge is -2.09. The van der Waals surface area contributed by atoms with Gasteiger partial charge < -0.3 is 15.3 Å². The van der Waals surface area contributed by atoms with Crippen LogP contribution in [-0.4, -0.2) is 27.1 Å². The van der Waals surface area contributed by atoms with E-state index in [1.54, 1.807) is 37.3 Å². The van der Waals surface area contributed by atoms with E-state index in [-0.39, 0.29) is 34.7 Å². The maximum Gasteiger partial charge on any atom is 0.307 e. The molecule has 1 heterocycles. The predicted octanol–water partition coefficient (Wildman–Crippen LogP) is 5.71. The van der Waals surface area contributed by atoms with Crippen molar-refractivity contribution in [3.05, 3.63) is 82.2 Å². The fraction of sp³-hybridized carbons (Fsp3) is 0.154. The van der Waals surface area contributed by atoms with Gasteiger partial charge in [0.2, 0.25) is 5.78 Å². The van der Waals surface area contributed by atoms with Crippen LogP contribution in [0.4, 0.5) is 0 Å². The summed E-state index contributed by atoms with van der Waals surface area (Å²) in [4.78, 5) is 25.3. The first-order valence-electron chi connectivity index (χ1n) is 10.3. The number of rotatable bonds is 5. The molecular weight excluding hydrogens is 424 g/mol. The number of carbonyl (C=O) groups is 2. The molecular formula is C26H20O5S. The summed E-state index contributed by atoms with van der Waals surface area (Å²) in [6.45, 7) is 1.79. The normalized spacial score (nSPS) is 17.4. The average molecular weight is 445 g/mol. The lowest BCUT2D eigenvalue weighted by molar-refractivity contribution is -0.138. The molecule has 3 N–H and O–H groups in total. The van der Waals surface area contributed by atoms with Gasteiger partial charge in [-0.15, -0.1) is 11.3 Å². The molecule has 6 heteroatoms. The van der Waals surface area contributed by atoms with Gasteiger partial charge >= 0.3 is 5.97 Å². The van der Waals surface area contributed by atoms with E-state index in [1.165, 1.54) is 17.4 Å². The maximum absolute atomic E-state index is 13.6. The Morgan fingerprint density at radius 2 is 1.75 bits per heavy atom. The maximum atomic E-state index is 13.6. The van der Waals surface area contributed by atoms with Crippen LogP contribution in [0.1, 0.15) is 38.7 Å². The van der Waals surface area contributed by atoms with E-state index >= 15 is 0 Å². The molecule has 1 fully saturated rings. The summed E-state index contributed by atoms with van der Waals surface area (Å²) < 4.78 is 0.772. The number of hydrogen-bond donors (Lipinski definition) is 3. The van der Waals surface area contributed by atoms with Crippen LogP contribution in [0.5, 0.6) is 11.5 Å². The van der Waals surface area contributed by atoms with Gasteiger partial charge in [-0.2, -0.15) is 0 Å². The zero-order valence-electron chi connectivity index (χ0n) is 17.2. The Morgan fingerprint density at radius 1 is 1.00 bits per heavy atom. The topological polar surface area (TPSA) is 94.8 Å². The Kier molecular flexibility index (Phi) is 4.75. The fourth-order valence-electron chi connectivity index (χ4n) is 4.33. The smallest absolute Gasteiger partial charge is 0.307 e. The van der Waals surface area contributed by atoms with Crippen molar-refractivity contribution in [3.8, 4) is 22.6 Å². The number of carboxylic acids is 1. The summed E-state index contributed by atoms with van der Waals surface area (Å²) in [7, 11) is 0. The van der Waals surface area contributed by atoms with E-state index < -0.39 is 5.97 Å². The molecule has 1 saturated carbocycles. The monoisotopic (exact) mass is 444 g/mol. The Morgan fingerprint density at radius 3 is 2.41 bits per heavy atom. The number of phenols is 2. The minimum Gasteiger partial charge on any atom is -0.508 e. The third kappa shape index (κ3) is 3.33. The highest BCUT2D eigenvalue weighted by molar-refractivity contribution is 7.21. The van der Waals surface area contributed by atoms with Crippen LogP contribution in [0.25, 0.3) is 21.2 Å². The Bertz CT molecular complexity index is 1360. The van der Waals surface area contributed by atoms with Gasteiger partial charge in [0.15, 0.2) is 0 Å². The minimum atomic E-state index is -0.770. The van der Waals surface area contributed by atoms with E-state index in [9.17, 15) is 24.9 Å². The second-order valence-corrected chi connectivity index (χ2v) is 9.25. The number of aliphatic carboxylic acids is 1. The molecule has 5 nitrogen and oxygen atoms in total. The minimum absolute atomic E-state index is 0.0303. The van der Waals surface area contributed by atoms with E-state index in [2.05, 4.69) is 0 Å². The molecule has 160 valence electrons. The van der Waals surface area contributed by atoms with Gasteiger partial charge in [-0.3, -0.25) is 9.59 Å². The number of benzene rings is 3. The largest absolute Gasteiger partial charge is 0.508 e. The lowest BCUT2D eigenvalue weighted by Crippen LogP contribution is -2.03. The van der Waals surface area contributed by atoms with Crippen LogP contribution < -0.4 is 0 Å². The molecule has 0 saturated heterocycles. The van der Waals surface area contributed by atoms with Crippen LogP contribution >= 0.6 is 11.3 Å². The zero-order valence-corrected chi connectivity index (χ0v) is 18.0. The average Bonchev–Trinajstić information content (AvgIpc) is 3.48. The molecule has 1 aliphatic carbocycles. The van der Waals surface area contributed by atoms with Gasteiger partial charge in [0.05, 0.1) is 16.4 Å². The number of aromatic hydroxyl groups is 2. The second kappa shape index (κ2) is 7.50. The highest BCUT2D eigenvalue weighted by atomic mass is 32.1. The first kappa shape index (κ1) is 20.3. The van der Waals surface area contributed by atoms with Gasteiger partial charge in [0, 0.05) is 15.6 Å². The fourth-order valence-corrected chi connectivity index (χ4v) is 5.53.